The van der Waals surface area contributed by atoms with Gasteiger partial charge in [-0.05, 0) is 13.0 Å². The highest BCUT2D eigenvalue weighted by atomic mass is 33.1. The van der Waals surface area contributed by atoms with Gasteiger partial charge >= 0.3 is 0 Å². The Bertz CT molecular complexity index is 134. The molecule has 0 saturated heterocycles. The molecule has 0 N–H and O–H groups in total. The number of hydrogen-bond donors (Lipinski definition) is 1. The molecule has 2 heteroatoms. The van der Waals surface area contributed by atoms with Gasteiger partial charge in [0.1, 0.15) is 0 Å². The second kappa shape index (κ2) is 6.05. The molecule has 0 radical (unpaired) electrons. The summed E-state index contributed by atoms with van der Waals surface area (Å²) in [4.78, 5) is 1.11. The molecule has 0 unspecified atom stereocenters. The summed E-state index contributed by atoms with van der Waals surface area (Å²) in [6.07, 6.45) is 7.62. The van der Waals surface area contributed by atoms with Crippen LogP contribution in [0.1, 0.15) is 6.92 Å². The van der Waals surface area contributed by atoms with Gasteiger partial charge in [-0.15, -0.1) is 11.7 Å². The quantitative estimate of drug-likeness (QED) is 0.374. The Labute approximate surface area is 65.5 Å². The minimum Gasteiger partial charge on any atom is -0.106 e. The van der Waals surface area contributed by atoms with Crippen molar-refractivity contribution < 1.29 is 0 Å². The SMILES string of the molecule is C=C/C=C(\C=C/C)SS. The molecule has 0 nitrogen and oxygen atoms in total. The van der Waals surface area contributed by atoms with Crippen molar-refractivity contribution >= 4 is 22.5 Å². The van der Waals surface area contributed by atoms with E-state index in [1.54, 1.807) is 6.08 Å². The standard InChI is InChI=1S/C7H10S2/c1-3-5-7(9-8)6-4-2/h3-6,8H,1H2,2H3/b6-4-,7-5+. The molecule has 50 valence electrons. The third-order valence-corrected chi connectivity index (χ3v) is 1.83. The number of rotatable bonds is 3. The molecular weight excluding hydrogens is 148 g/mol. The molecule has 0 aromatic carbocycles. The fraction of sp³-hybridized carbons (Fsp3) is 0.143. The average Bonchev–Trinajstić information content (AvgIpc) is 1.88. The highest BCUT2D eigenvalue weighted by Crippen LogP contribution is 2.20. The zero-order valence-electron chi connectivity index (χ0n) is 5.37. The van der Waals surface area contributed by atoms with Crippen molar-refractivity contribution in [1.82, 2.24) is 0 Å². The molecule has 0 aliphatic carbocycles. The van der Waals surface area contributed by atoms with E-state index in [1.165, 1.54) is 10.8 Å². The summed E-state index contributed by atoms with van der Waals surface area (Å²) < 4.78 is 0. The van der Waals surface area contributed by atoms with Crippen LogP contribution in [0.15, 0.2) is 35.8 Å². The Kier molecular flexibility index (Phi) is 5.99. The van der Waals surface area contributed by atoms with E-state index in [0.29, 0.717) is 0 Å². The van der Waals surface area contributed by atoms with Crippen LogP contribution in [0.2, 0.25) is 0 Å². The highest BCUT2D eigenvalue weighted by Gasteiger charge is 1.82. The molecule has 0 saturated carbocycles. The Morgan fingerprint density at radius 2 is 2.33 bits per heavy atom. The van der Waals surface area contributed by atoms with E-state index in [9.17, 15) is 0 Å². The normalized spacial score (nSPS) is 12.4. The summed E-state index contributed by atoms with van der Waals surface area (Å²) in [5.41, 5.74) is 0. The van der Waals surface area contributed by atoms with Crippen molar-refractivity contribution in [2.24, 2.45) is 0 Å². The Hall–Kier alpha value is -0.0800. The van der Waals surface area contributed by atoms with Gasteiger partial charge in [-0.25, -0.2) is 0 Å². The van der Waals surface area contributed by atoms with Gasteiger partial charge in [0.05, 0.1) is 0 Å². The van der Waals surface area contributed by atoms with Gasteiger partial charge in [0.25, 0.3) is 0 Å². The van der Waals surface area contributed by atoms with Crippen LogP contribution in [0.5, 0.6) is 0 Å². The van der Waals surface area contributed by atoms with Gasteiger partial charge in [0, 0.05) is 4.91 Å². The van der Waals surface area contributed by atoms with E-state index in [1.807, 2.05) is 25.2 Å². The minimum atomic E-state index is 1.11. The fourth-order valence-corrected chi connectivity index (χ4v) is 1.12. The van der Waals surface area contributed by atoms with Crippen LogP contribution in [-0.4, -0.2) is 0 Å². The first-order valence-corrected chi connectivity index (χ1v) is 4.49. The van der Waals surface area contributed by atoms with E-state index in [4.69, 9.17) is 0 Å². The van der Waals surface area contributed by atoms with Gasteiger partial charge in [-0.3, -0.25) is 0 Å². The summed E-state index contributed by atoms with van der Waals surface area (Å²) in [7, 11) is 1.42. The maximum atomic E-state index is 4.03. The topological polar surface area (TPSA) is 0 Å². The predicted molar refractivity (Wildman–Crippen MR) is 49.7 cm³/mol. The van der Waals surface area contributed by atoms with Crippen molar-refractivity contribution in [3.63, 3.8) is 0 Å². The van der Waals surface area contributed by atoms with Crippen LogP contribution in [0.4, 0.5) is 0 Å². The van der Waals surface area contributed by atoms with Gasteiger partial charge in [-0.1, -0.05) is 35.6 Å². The molecule has 0 aromatic heterocycles. The Morgan fingerprint density at radius 3 is 2.67 bits per heavy atom. The summed E-state index contributed by atoms with van der Waals surface area (Å²) in [6, 6.07) is 0. The first kappa shape index (κ1) is 8.92. The highest BCUT2D eigenvalue weighted by molar-refractivity contribution is 8.70. The lowest BCUT2D eigenvalue weighted by Crippen LogP contribution is -1.60. The van der Waals surface area contributed by atoms with Crippen LogP contribution >= 0.6 is 22.5 Å². The maximum Gasteiger partial charge on any atom is 0.0176 e. The Morgan fingerprint density at radius 1 is 1.67 bits per heavy atom. The predicted octanol–water partition coefficient (Wildman–Crippen LogP) is 3.21. The molecule has 0 atom stereocenters. The van der Waals surface area contributed by atoms with Gasteiger partial charge in [0.2, 0.25) is 0 Å². The largest absolute Gasteiger partial charge is 0.106 e. The van der Waals surface area contributed by atoms with Crippen molar-refractivity contribution in [2.45, 2.75) is 6.92 Å². The van der Waals surface area contributed by atoms with Crippen molar-refractivity contribution in [1.29, 1.82) is 0 Å². The number of hydrogen-bond acceptors (Lipinski definition) is 2. The second-order valence-corrected chi connectivity index (χ2v) is 2.60. The van der Waals surface area contributed by atoms with Crippen LogP contribution in [0.25, 0.3) is 0 Å². The molecular formula is C7H10S2. The van der Waals surface area contributed by atoms with E-state index in [2.05, 4.69) is 18.2 Å². The van der Waals surface area contributed by atoms with Crippen LogP contribution < -0.4 is 0 Å². The number of allylic oxidation sites excluding steroid dienone is 4. The zero-order valence-corrected chi connectivity index (χ0v) is 7.08. The van der Waals surface area contributed by atoms with Crippen LogP contribution in [-0.2, 0) is 0 Å². The summed E-state index contributed by atoms with van der Waals surface area (Å²) >= 11 is 4.03. The van der Waals surface area contributed by atoms with E-state index in [0.717, 1.165) is 4.91 Å². The molecule has 0 spiro atoms. The Balaban J connectivity index is 3.96. The van der Waals surface area contributed by atoms with Crippen molar-refractivity contribution in [3.05, 3.63) is 35.8 Å². The summed E-state index contributed by atoms with van der Waals surface area (Å²) in [6.45, 7) is 5.55. The monoisotopic (exact) mass is 158 g/mol. The molecule has 9 heavy (non-hydrogen) atoms. The first-order valence-electron chi connectivity index (χ1n) is 2.62. The molecule has 0 fully saturated rings. The van der Waals surface area contributed by atoms with Crippen LogP contribution in [0.3, 0.4) is 0 Å². The maximum absolute atomic E-state index is 4.03. The van der Waals surface area contributed by atoms with E-state index < -0.39 is 0 Å². The van der Waals surface area contributed by atoms with Crippen LogP contribution in [0, 0.1) is 0 Å². The second-order valence-electron chi connectivity index (χ2n) is 1.40. The smallest absolute Gasteiger partial charge is 0.0176 e. The molecule has 0 rings (SSSR count). The van der Waals surface area contributed by atoms with Crippen molar-refractivity contribution in [2.75, 3.05) is 0 Å². The molecule has 0 aromatic rings. The number of thiol groups is 1. The molecule has 0 bridgehead atoms. The summed E-state index contributed by atoms with van der Waals surface area (Å²) in [5, 5.41) is 0. The third-order valence-electron chi connectivity index (χ3n) is 0.718. The molecule has 0 aliphatic rings. The first-order chi connectivity index (χ1) is 4.35. The molecule has 0 heterocycles. The van der Waals surface area contributed by atoms with Crippen molar-refractivity contribution in [3.8, 4) is 0 Å². The van der Waals surface area contributed by atoms with E-state index >= 15 is 0 Å². The van der Waals surface area contributed by atoms with Gasteiger partial charge < -0.3 is 0 Å². The zero-order chi connectivity index (χ0) is 7.11. The van der Waals surface area contributed by atoms with Gasteiger partial charge in [0.15, 0.2) is 0 Å². The fourth-order valence-electron chi connectivity index (χ4n) is 0.397. The summed E-state index contributed by atoms with van der Waals surface area (Å²) in [5.74, 6) is 0. The lowest BCUT2D eigenvalue weighted by atomic mass is 10.4. The van der Waals surface area contributed by atoms with E-state index in [-0.39, 0.29) is 0 Å². The lowest BCUT2D eigenvalue weighted by molar-refractivity contribution is 1.72. The minimum absolute atomic E-state index is 1.11. The lowest BCUT2D eigenvalue weighted by Gasteiger charge is -1.89. The average molecular weight is 158 g/mol. The third kappa shape index (κ3) is 4.43. The molecule has 0 amide bonds. The van der Waals surface area contributed by atoms with Gasteiger partial charge in [-0.2, -0.15) is 0 Å². The molecule has 0 aliphatic heterocycles.